The number of aromatic nitrogens is 1. The van der Waals surface area contributed by atoms with Crippen molar-refractivity contribution in [1.82, 2.24) is 4.98 Å². The van der Waals surface area contributed by atoms with Gasteiger partial charge in [0.05, 0.1) is 12.8 Å². The number of amides is 1. The summed E-state index contributed by atoms with van der Waals surface area (Å²) in [4.78, 5) is 26.9. The van der Waals surface area contributed by atoms with Gasteiger partial charge >= 0.3 is 5.97 Å². The molecule has 6 nitrogen and oxygen atoms in total. The van der Waals surface area contributed by atoms with Crippen molar-refractivity contribution >= 4 is 40.1 Å². The summed E-state index contributed by atoms with van der Waals surface area (Å²) in [7, 11) is 1.21. The van der Waals surface area contributed by atoms with Gasteiger partial charge in [-0.05, 0) is 30.3 Å². The van der Waals surface area contributed by atoms with E-state index in [-0.39, 0.29) is 17.0 Å². The number of halogens is 1. The molecule has 0 unspecified atom stereocenters. The number of benzene rings is 2. The summed E-state index contributed by atoms with van der Waals surface area (Å²) in [5.74, 6) is -1.50. The standard InChI is InChI=1S/C17H13ClN2O4/c1-24-17(23)11-3-2-4-12(15(11)21)20-16(22)14-7-9-5-6-10(18)8-13(9)19-14/h2-8,19,21H,1H3,(H,20,22). The molecule has 1 heterocycles. The summed E-state index contributed by atoms with van der Waals surface area (Å²) in [5.41, 5.74) is 1.11. The first kappa shape index (κ1) is 15.9. The number of fused-ring (bicyclic) bond motifs is 1. The second kappa shape index (κ2) is 6.25. The van der Waals surface area contributed by atoms with Gasteiger partial charge in [0.15, 0.2) is 5.75 Å². The highest BCUT2D eigenvalue weighted by molar-refractivity contribution is 6.31. The third kappa shape index (κ3) is 2.91. The molecule has 3 aromatic rings. The zero-order chi connectivity index (χ0) is 17.3. The van der Waals surface area contributed by atoms with Gasteiger partial charge in [-0.25, -0.2) is 4.79 Å². The molecule has 0 aliphatic rings. The van der Waals surface area contributed by atoms with Crippen molar-refractivity contribution in [3.63, 3.8) is 0 Å². The van der Waals surface area contributed by atoms with Crippen molar-refractivity contribution in [2.75, 3.05) is 12.4 Å². The molecule has 7 heteroatoms. The zero-order valence-corrected chi connectivity index (χ0v) is 13.3. The number of anilines is 1. The van der Waals surface area contributed by atoms with E-state index in [1.54, 1.807) is 24.3 Å². The molecule has 122 valence electrons. The monoisotopic (exact) mass is 344 g/mol. The summed E-state index contributed by atoms with van der Waals surface area (Å²) in [6.07, 6.45) is 0. The van der Waals surface area contributed by atoms with Crippen LogP contribution in [0.4, 0.5) is 5.69 Å². The Bertz CT molecular complexity index is 949. The van der Waals surface area contributed by atoms with Gasteiger partial charge in [0.2, 0.25) is 0 Å². The summed E-state index contributed by atoms with van der Waals surface area (Å²) < 4.78 is 4.58. The lowest BCUT2D eigenvalue weighted by Gasteiger charge is -2.09. The Morgan fingerprint density at radius 3 is 2.75 bits per heavy atom. The van der Waals surface area contributed by atoms with Gasteiger partial charge in [-0.3, -0.25) is 4.79 Å². The van der Waals surface area contributed by atoms with Gasteiger partial charge in [0, 0.05) is 15.9 Å². The van der Waals surface area contributed by atoms with Gasteiger partial charge in [0.1, 0.15) is 11.3 Å². The van der Waals surface area contributed by atoms with E-state index < -0.39 is 11.9 Å². The Hall–Kier alpha value is -2.99. The van der Waals surface area contributed by atoms with Crippen molar-refractivity contribution in [3.05, 3.63) is 58.7 Å². The minimum absolute atomic E-state index is 0.0290. The lowest BCUT2D eigenvalue weighted by atomic mass is 10.1. The first-order valence-corrected chi connectivity index (χ1v) is 7.37. The highest BCUT2D eigenvalue weighted by Gasteiger charge is 2.17. The van der Waals surface area contributed by atoms with Crippen molar-refractivity contribution in [2.24, 2.45) is 0 Å². The lowest BCUT2D eigenvalue weighted by Crippen LogP contribution is -2.13. The van der Waals surface area contributed by atoms with Crippen LogP contribution in [0.3, 0.4) is 0 Å². The Morgan fingerprint density at radius 1 is 1.21 bits per heavy atom. The van der Waals surface area contributed by atoms with Crippen LogP contribution in [0.5, 0.6) is 5.75 Å². The fourth-order valence-corrected chi connectivity index (χ4v) is 2.50. The molecule has 0 fully saturated rings. The first-order chi connectivity index (χ1) is 11.5. The Morgan fingerprint density at radius 2 is 2.00 bits per heavy atom. The number of carbonyl (C=O) groups excluding carboxylic acids is 2. The molecular formula is C17H13ClN2O4. The normalized spacial score (nSPS) is 10.6. The van der Waals surface area contributed by atoms with Gasteiger partial charge in [-0.1, -0.05) is 23.7 Å². The van der Waals surface area contributed by atoms with E-state index >= 15 is 0 Å². The number of phenolic OH excluding ortho intramolecular Hbond substituents is 1. The summed E-state index contributed by atoms with van der Waals surface area (Å²) >= 11 is 5.92. The van der Waals surface area contributed by atoms with E-state index in [2.05, 4.69) is 15.0 Å². The minimum Gasteiger partial charge on any atom is -0.505 e. The summed E-state index contributed by atoms with van der Waals surface area (Å²) in [5, 5.41) is 14.1. The third-order valence-corrected chi connectivity index (χ3v) is 3.75. The maximum Gasteiger partial charge on any atom is 0.341 e. The van der Waals surface area contributed by atoms with Gasteiger partial charge < -0.3 is 20.1 Å². The van der Waals surface area contributed by atoms with Gasteiger partial charge in [-0.15, -0.1) is 0 Å². The Labute approximate surface area is 142 Å². The van der Waals surface area contributed by atoms with E-state index in [0.29, 0.717) is 10.7 Å². The highest BCUT2D eigenvalue weighted by atomic mass is 35.5. The molecule has 0 saturated heterocycles. The largest absolute Gasteiger partial charge is 0.505 e. The number of aromatic amines is 1. The quantitative estimate of drug-likeness (QED) is 0.500. The van der Waals surface area contributed by atoms with Crippen molar-refractivity contribution < 1.29 is 19.4 Å². The number of esters is 1. The maximum absolute atomic E-state index is 12.4. The molecule has 0 radical (unpaired) electrons. The number of hydrogen-bond donors (Lipinski definition) is 3. The molecule has 0 bridgehead atoms. The average Bonchev–Trinajstić information content (AvgIpc) is 2.99. The first-order valence-electron chi connectivity index (χ1n) is 6.99. The molecule has 2 aromatic carbocycles. The van der Waals surface area contributed by atoms with Crippen LogP contribution in [0, 0.1) is 0 Å². The molecule has 3 N–H and O–H groups in total. The highest BCUT2D eigenvalue weighted by Crippen LogP contribution is 2.28. The van der Waals surface area contributed by atoms with Crippen LogP contribution in [0.1, 0.15) is 20.8 Å². The SMILES string of the molecule is COC(=O)c1cccc(NC(=O)c2cc3ccc(Cl)cc3[nH]2)c1O. The number of carbonyl (C=O) groups is 2. The minimum atomic E-state index is -0.691. The smallest absolute Gasteiger partial charge is 0.341 e. The number of methoxy groups -OCH3 is 1. The molecule has 1 amide bonds. The van der Waals surface area contributed by atoms with E-state index in [1.165, 1.54) is 25.3 Å². The Balaban J connectivity index is 1.90. The molecule has 0 aliphatic carbocycles. The van der Waals surface area contributed by atoms with Crippen molar-refractivity contribution in [2.45, 2.75) is 0 Å². The number of rotatable bonds is 3. The van der Waals surface area contributed by atoms with E-state index in [9.17, 15) is 14.7 Å². The fraction of sp³-hybridized carbons (Fsp3) is 0.0588. The van der Waals surface area contributed by atoms with Crippen molar-refractivity contribution in [1.29, 1.82) is 0 Å². The number of ether oxygens (including phenoxy) is 1. The molecule has 0 saturated carbocycles. The van der Waals surface area contributed by atoms with Crippen LogP contribution >= 0.6 is 11.6 Å². The third-order valence-electron chi connectivity index (χ3n) is 3.52. The molecule has 24 heavy (non-hydrogen) atoms. The van der Waals surface area contributed by atoms with Crippen LogP contribution < -0.4 is 5.32 Å². The predicted molar refractivity (Wildman–Crippen MR) is 90.7 cm³/mol. The second-order valence-corrected chi connectivity index (χ2v) is 5.50. The molecule has 0 aliphatic heterocycles. The van der Waals surface area contributed by atoms with E-state index in [0.717, 1.165) is 10.9 Å². The molecule has 1 aromatic heterocycles. The Kier molecular flexibility index (Phi) is 4.14. The van der Waals surface area contributed by atoms with E-state index in [4.69, 9.17) is 11.6 Å². The van der Waals surface area contributed by atoms with Crippen molar-refractivity contribution in [3.8, 4) is 5.75 Å². The number of phenols is 1. The topological polar surface area (TPSA) is 91.4 Å². The number of para-hydroxylation sites is 1. The maximum atomic E-state index is 12.4. The molecule has 0 spiro atoms. The van der Waals surface area contributed by atoms with E-state index in [1.807, 2.05) is 0 Å². The molecule has 3 rings (SSSR count). The fourth-order valence-electron chi connectivity index (χ4n) is 2.33. The second-order valence-electron chi connectivity index (χ2n) is 5.06. The predicted octanol–water partition coefficient (Wildman–Crippen LogP) is 3.57. The van der Waals surface area contributed by atoms with Crippen LogP contribution in [0.15, 0.2) is 42.5 Å². The summed E-state index contributed by atoms with van der Waals surface area (Å²) in [6.45, 7) is 0. The number of nitrogens with one attached hydrogen (secondary N) is 2. The summed E-state index contributed by atoms with van der Waals surface area (Å²) in [6, 6.07) is 11.3. The number of aromatic hydroxyl groups is 1. The van der Waals surface area contributed by atoms with Crippen LogP contribution in [-0.4, -0.2) is 29.1 Å². The van der Waals surface area contributed by atoms with Gasteiger partial charge in [0.25, 0.3) is 5.91 Å². The number of H-pyrrole nitrogens is 1. The number of hydrogen-bond acceptors (Lipinski definition) is 4. The molecular weight excluding hydrogens is 332 g/mol. The van der Waals surface area contributed by atoms with Crippen LogP contribution in [0.2, 0.25) is 5.02 Å². The molecule has 0 atom stereocenters. The lowest BCUT2D eigenvalue weighted by molar-refractivity contribution is 0.0597. The van der Waals surface area contributed by atoms with Crippen LogP contribution in [-0.2, 0) is 4.74 Å². The van der Waals surface area contributed by atoms with Gasteiger partial charge in [-0.2, -0.15) is 0 Å². The zero-order valence-electron chi connectivity index (χ0n) is 12.6. The van der Waals surface area contributed by atoms with Crippen LogP contribution in [0.25, 0.3) is 10.9 Å². The average molecular weight is 345 g/mol.